The third-order valence-electron chi connectivity index (χ3n) is 6.27. The highest BCUT2D eigenvalue weighted by Gasteiger charge is 2.37. The van der Waals surface area contributed by atoms with Crippen LogP contribution in [0, 0.1) is 11.3 Å². The monoisotopic (exact) mass is 490 g/mol. The van der Waals surface area contributed by atoms with E-state index in [-0.39, 0.29) is 29.3 Å². The van der Waals surface area contributed by atoms with Crippen LogP contribution in [0.3, 0.4) is 0 Å². The molecular formula is C26H34N8O2. The molecule has 2 unspecified atom stereocenters. The molecule has 4 rings (SSSR count). The maximum Gasteiger partial charge on any atom is 0.410 e. The van der Waals surface area contributed by atoms with Crippen molar-refractivity contribution >= 4 is 22.9 Å². The topological polar surface area (TPSA) is 113 Å². The lowest BCUT2D eigenvalue weighted by Gasteiger charge is -2.45. The fourth-order valence-electron chi connectivity index (χ4n) is 4.54. The minimum Gasteiger partial charge on any atom is -0.444 e. The second-order valence-electron chi connectivity index (χ2n) is 11.4. The van der Waals surface area contributed by atoms with Gasteiger partial charge >= 0.3 is 6.09 Å². The number of ether oxygens (including phenoxy) is 1. The van der Waals surface area contributed by atoms with Crippen molar-refractivity contribution in [3.63, 3.8) is 0 Å². The summed E-state index contributed by atoms with van der Waals surface area (Å²) < 4.78 is 7.54. The van der Waals surface area contributed by atoms with Crippen molar-refractivity contribution in [3.8, 4) is 11.9 Å². The third kappa shape index (κ3) is 4.83. The van der Waals surface area contributed by atoms with Crippen molar-refractivity contribution < 1.29 is 9.53 Å². The summed E-state index contributed by atoms with van der Waals surface area (Å²) in [7, 11) is 0. The van der Waals surface area contributed by atoms with Crippen LogP contribution >= 0.6 is 0 Å². The van der Waals surface area contributed by atoms with E-state index in [1.54, 1.807) is 17.3 Å². The van der Waals surface area contributed by atoms with E-state index < -0.39 is 5.60 Å². The number of piperazine rings is 1. The van der Waals surface area contributed by atoms with Crippen molar-refractivity contribution in [3.05, 3.63) is 36.2 Å². The largest absolute Gasteiger partial charge is 0.444 e. The van der Waals surface area contributed by atoms with E-state index in [1.807, 2.05) is 38.5 Å². The van der Waals surface area contributed by atoms with Crippen LogP contribution in [0.15, 0.2) is 24.9 Å². The van der Waals surface area contributed by atoms with E-state index in [4.69, 9.17) is 9.72 Å². The predicted molar refractivity (Wildman–Crippen MR) is 137 cm³/mol. The number of aromatic nitrogens is 5. The number of carbonyl (C=O) groups excluding carboxylic acids is 1. The number of rotatable bonds is 2. The summed E-state index contributed by atoms with van der Waals surface area (Å²) in [6, 6.07) is 3.66. The molecule has 2 atom stereocenters. The first-order chi connectivity index (χ1) is 16.8. The summed E-state index contributed by atoms with van der Waals surface area (Å²) in [5, 5.41) is 10.3. The van der Waals surface area contributed by atoms with Gasteiger partial charge in [-0.3, -0.25) is 4.57 Å². The molecule has 0 bridgehead atoms. The van der Waals surface area contributed by atoms with Gasteiger partial charge in [-0.05, 0) is 45.6 Å². The Labute approximate surface area is 211 Å². The number of nitrogens with zero attached hydrogens (tertiary/aromatic N) is 8. The molecular weight excluding hydrogens is 456 g/mol. The average molecular weight is 491 g/mol. The number of hydrogen-bond acceptors (Lipinski definition) is 8. The lowest BCUT2D eigenvalue weighted by molar-refractivity contribution is 0.0130. The molecule has 10 nitrogen and oxygen atoms in total. The molecule has 1 saturated heterocycles. The van der Waals surface area contributed by atoms with Gasteiger partial charge in [0.05, 0.1) is 5.39 Å². The molecule has 1 fully saturated rings. The van der Waals surface area contributed by atoms with Gasteiger partial charge in [0.25, 0.3) is 0 Å². The maximum absolute atomic E-state index is 12.8. The van der Waals surface area contributed by atoms with Gasteiger partial charge in [-0.1, -0.05) is 20.8 Å². The molecule has 3 aromatic heterocycles. The summed E-state index contributed by atoms with van der Waals surface area (Å²) in [6.07, 6.45) is 4.67. The minimum atomic E-state index is -0.549. The zero-order valence-electron chi connectivity index (χ0n) is 22.3. The Morgan fingerprint density at radius 3 is 2.36 bits per heavy atom. The molecule has 0 aromatic carbocycles. The molecule has 36 heavy (non-hydrogen) atoms. The zero-order valence-corrected chi connectivity index (χ0v) is 22.3. The minimum absolute atomic E-state index is 0.00669. The van der Waals surface area contributed by atoms with E-state index >= 15 is 0 Å². The van der Waals surface area contributed by atoms with Gasteiger partial charge in [-0.15, -0.1) is 0 Å². The average Bonchev–Trinajstić information content (AvgIpc) is 3.20. The number of fused-ring (bicyclic) bond motifs is 1. The molecule has 0 aliphatic carbocycles. The van der Waals surface area contributed by atoms with E-state index in [0.29, 0.717) is 24.6 Å². The Hall–Kier alpha value is -3.74. The van der Waals surface area contributed by atoms with Crippen LogP contribution in [0.2, 0.25) is 0 Å². The maximum atomic E-state index is 12.8. The number of carbonyl (C=O) groups is 1. The molecule has 1 aliphatic rings. The van der Waals surface area contributed by atoms with Crippen molar-refractivity contribution in [2.75, 3.05) is 18.0 Å². The standard InChI is InChI=1S/C26H34N8O2/c1-16-12-33(24(35)36-26(6,7)8)17(2)11-32(16)22-21-19(25(3,4)5)13-34(23(21)31-15-30-22)20-9-18(10-27)28-14-29-20/h9,13-17H,11-12H2,1-8H3. The quantitative estimate of drug-likeness (QED) is 0.525. The Kier molecular flexibility index (Phi) is 6.37. The molecule has 3 aromatic rings. The fourth-order valence-corrected chi connectivity index (χ4v) is 4.54. The SMILES string of the molecule is CC1CN(c2ncnc3c2c(C(C)(C)C)cn3-c2cc(C#N)ncn2)C(C)CN1C(=O)OC(C)(C)C. The van der Waals surface area contributed by atoms with Crippen LogP contribution in [-0.2, 0) is 10.2 Å². The van der Waals surface area contributed by atoms with Gasteiger partial charge in [0.2, 0.25) is 0 Å². The van der Waals surface area contributed by atoms with Crippen molar-refractivity contribution in [1.29, 1.82) is 5.26 Å². The van der Waals surface area contributed by atoms with Gasteiger partial charge in [-0.2, -0.15) is 5.26 Å². The predicted octanol–water partition coefficient (Wildman–Crippen LogP) is 4.21. The van der Waals surface area contributed by atoms with Gasteiger partial charge in [0.15, 0.2) is 5.65 Å². The van der Waals surface area contributed by atoms with Gasteiger partial charge in [-0.25, -0.2) is 24.7 Å². The van der Waals surface area contributed by atoms with Crippen molar-refractivity contribution in [1.82, 2.24) is 29.4 Å². The van der Waals surface area contributed by atoms with Gasteiger partial charge in [0.1, 0.15) is 41.7 Å². The van der Waals surface area contributed by atoms with Crippen molar-refractivity contribution in [2.45, 2.75) is 78.5 Å². The molecule has 0 N–H and O–H groups in total. The molecule has 4 heterocycles. The molecule has 1 amide bonds. The van der Waals surface area contributed by atoms with E-state index in [1.165, 1.54) is 6.33 Å². The molecule has 0 spiro atoms. The highest BCUT2D eigenvalue weighted by atomic mass is 16.6. The zero-order chi connectivity index (χ0) is 26.4. The highest BCUT2D eigenvalue weighted by Crippen LogP contribution is 2.38. The lowest BCUT2D eigenvalue weighted by Crippen LogP contribution is -2.59. The number of hydrogen-bond donors (Lipinski definition) is 0. The number of nitriles is 1. The van der Waals surface area contributed by atoms with Gasteiger partial charge in [0, 0.05) is 37.4 Å². The summed E-state index contributed by atoms with van der Waals surface area (Å²) in [6.45, 7) is 17.3. The van der Waals surface area contributed by atoms with Crippen LogP contribution in [0.25, 0.3) is 16.9 Å². The van der Waals surface area contributed by atoms with Crippen LogP contribution < -0.4 is 4.90 Å². The molecule has 0 radical (unpaired) electrons. The molecule has 190 valence electrons. The number of amides is 1. The van der Waals surface area contributed by atoms with E-state index in [9.17, 15) is 10.1 Å². The Bertz CT molecular complexity index is 1330. The summed E-state index contributed by atoms with van der Waals surface area (Å²) >= 11 is 0. The van der Waals surface area contributed by atoms with Crippen LogP contribution in [0.4, 0.5) is 10.6 Å². The van der Waals surface area contributed by atoms with Crippen LogP contribution in [-0.4, -0.2) is 66.3 Å². The third-order valence-corrected chi connectivity index (χ3v) is 6.27. The van der Waals surface area contributed by atoms with E-state index in [2.05, 4.69) is 53.6 Å². The molecule has 10 heteroatoms. The first-order valence-corrected chi connectivity index (χ1v) is 12.2. The normalized spacial score (nSPS) is 18.9. The summed E-state index contributed by atoms with van der Waals surface area (Å²) in [5.74, 6) is 1.39. The fraction of sp³-hybridized carbons (Fsp3) is 0.538. The summed E-state index contributed by atoms with van der Waals surface area (Å²) in [4.78, 5) is 34.7. The highest BCUT2D eigenvalue weighted by molar-refractivity contribution is 5.93. The second-order valence-corrected chi connectivity index (χ2v) is 11.4. The molecule has 1 aliphatic heterocycles. The lowest BCUT2D eigenvalue weighted by atomic mass is 9.87. The Morgan fingerprint density at radius 1 is 1.03 bits per heavy atom. The first-order valence-electron chi connectivity index (χ1n) is 12.2. The van der Waals surface area contributed by atoms with Crippen LogP contribution in [0.5, 0.6) is 0 Å². The Balaban J connectivity index is 1.79. The van der Waals surface area contributed by atoms with E-state index in [0.717, 1.165) is 16.8 Å². The van der Waals surface area contributed by atoms with Crippen molar-refractivity contribution in [2.24, 2.45) is 0 Å². The Morgan fingerprint density at radius 2 is 1.72 bits per heavy atom. The summed E-state index contributed by atoms with van der Waals surface area (Å²) in [5.41, 5.74) is 1.31. The van der Waals surface area contributed by atoms with Crippen LogP contribution in [0.1, 0.15) is 66.6 Å². The first kappa shape index (κ1) is 25.4. The smallest absolute Gasteiger partial charge is 0.410 e. The second kappa shape index (κ2) is 9.04. The van der Waals surface area contributed by atoms with Gasteiger partial charge < -0.3 is 14.5 Å². The molecule has 0 saturated carbocycles. The number of anilines is 1.